The van der Waals surface area contributed by atoms with E-state index in [1.54, 1.807) is 0 Å². The zero-order chi connectivity index (χ0) is 24.3. The van der Waals surface area contributed by atoms with Crippen molar-refractivity contribution in [2.75, 3.05) is 6.61 Å². The maximum Gasteiger partial charge on any atom is 0.115 e. The summed E-state index contributed by atoms with van der Waals surface area (Å²) in [4.78, 5) is 0. The number of rotatable bonds is 12. The first-order valence-electron chi connectivity index (χ1n) is 12.5. The number of aliphatic hydroxyl groups excluding tert-OH is 1. The molecule has 0 radical (unpaired) electrons. The van der Waals surface area contributed by atoms with Crippen molar-refractivity contribution in [2.45, 2.75) is 70.1 Å². The van der Waals surface area contributed by atoms with Gasteiger partial charge in [-0.25, -0.2) is 0 Å². The number of hydrogen-bond acceptors (Lipinski definition) is 5. The first kappa shape index (κ1) is 25.5. The predicted molar refractivity (Wildman–Crippen MR) is 136 cm³/mol. The van der Waals surface area contributed by atoms with E-state index in [0.717, 1.165) is 29.5 Å². The first-order chi connectivity index (χ1) is 17.2. The van der Waals surface area contributed by atoms with Gasteiger partial charge in [-0.2, -0.15) is 0 Å². The number of aliphatic hydroxyl groups is 1. The lowest BCUT2D eigenvalue weighted by Gasteiger charge is -2.44. The van der Waals surface area contributed by atoms with E-state index in [9.17, 15) is 5.11 Å². The van der Waals surface area contributed by atoms with E-state index in [0.29, 0.717) is 26.4 Å². The van der Waals surface area contributed by atoms with Crippen LogP contribution >= 0.6 is 0 Å². The molecule has 0 amide bonds. The van der Waals surface area contributed by atoms with Gasteiger partial charge < -0.3 is 24.1 Å². The van der Waals surface area contributed by atoms with E-state index in [1.807, 2.05) is 91.0 Å². The van der Waals surface area contributed by atoms with E-state index in [2.05, 4.69) is 6.92 Å². The highest BCUT2D eigenvalue weighted by Crippen LogP contribution is 2.30. The maximum absolute atomic E-state index is 11.3. The molecule has 3 aromatic carbocycles. The highest BCUT2D eigenvalue weighted by atomic mass is 16.6. The largest absolute Gasteiger partial charge is 0.388 e. The molecular formula is C30H36O5. The second-order valence-electron chi connectivity index (χ2n) is 9.02. The quantitative estimate of drug-likeness (QED) is 0.384. The molecule has 5 heteroatoms. The molecule has 0 spiro atoms. The third-order valence-corrected chi connectivity index (χ3v) is 6.29. The molecule has 0 unspecified atom stereocenters. The molecule has 1 fully saturated rings. The molecule has 0 aliphatic carbocycles. The fraction of sp³-hybridized carbons (Fsp3) is 0.400. The molecular weight excluding hydrogens is 440 g/mol. The molecule has 5 atom stereocenters. The smallest absolute Gasteiger partial charge is 0.115 e. The summed E-state index contributed by atoms with van der Waals surface area (Å²) in [5.41, 5.74) is 3.22. The molecule has 0 bridgehead atoms. The lowest BCUT2D eigenvalue weighted by atomic mass is 9.92. The summed E-state index contributed by atoms with van der Waals surface area (Å²) >= 11 is 0. The van der Waals surface area contributed by atoms with E-state index in [-0.39, 0.29) is 12.2 Å². The number of hydrogen-bond donors (Lipinski definition) is 1. The Labute approximate surface area is 208 Å². The monoisotopic (exact) mass is 476 g/mol. The fourth-order valence-electron chi connectivity index (χ4n) is 4.45. The van der Waals surface area contributed by atoms with Gasteiger partial charge in [0.25, 0.3) is 0 Å². The summed E-state index contributed by atoms with van der Waals surface area (Å²) in [6, 6.07) is 30.1. The van der Waals surface area contributed by atoms with Gasteiger partial charge >= 0.3 is 0 Å². The van der Waals surface area contributed by atoms with Crippen molar-refractivity contribution < 1.29 is 24.1 Å². The van der Waals surface area contributed by atoms with Crippen molar-refractivity contribution in [3.8, 4) is 0 Å². The average Bonchev–Trinajstić information content (AvgIpc) is 2.90. The maximum atomic E-state index is 11.3. The Morgan fingerprint density at radius 1 is 0.657 bits per heavy atom. The van der Waals surface area contributed by atoms with Crippen molar-refractivity contribution >= 4 is 0 Å². The minimum Gasteiger partial charge on any atom is -0.388 e. The van der Waals surface area contributed by atoms with E-state index in [4.69, 9.17) is 18.9 Å². The SMILES string of the molecule is CCC[C@H]1O[C@H](COCc2ccccc2)[C@@H](OCc2ccccc2)[C@H](OCc2ccccc2)[C@@H]1O. The first-order valence-corrected chi connectivity index (χ1v) is 12.5. The second-order valence-corrected chi connectivity index (χ2v) is 9.02. The summed E-state index contributed by atoms with van der Waals surface area (Å²) in [5.74, 6) is 0. The normalized spacial score (nSPS) is 24.3. The van der Waals surface area contributed by atoms with Gasteiger partial charge in [-0.15, -0.1) is 0 Å². The molecule has 1 saturated heterocycles. The Kier molecular flexibility index (Phi) is 9.87. The van der Waals surface area contributed by atoms with Crippen LogP contribution in [-0.4, -0.2) is 42.2 Å². The minimum absolute atomic E-state index is 0.331. The van der Waals surface area contributed by atoms with Crippen LogP contribution in [-0.2, 0) is 38.8 Å². The topological polar surface area (TPSA) is 57.2 Å². The number of ether oxygens (including phenoxy) is 4. The van der Waals surface area contributed by atoms with Crippen LogP contribution in [0.2, 0.25) is 0 Å². The third kappa shape index (κ3) is 7.47. The predicted octanol–water partition coefficient (Wildman–Crippen LogP) is 5.30. The van der Waals surface area contributed by atoms with Gasteiger partial charge in [0.1, 0.15) is 24.4 Å². The third-order valence-electron chi connectivity index (χ3n) is 6.29. The molecule has 1 heterocycles. The van der Waals surface area contributed by atoms with Crippen LogP contribution in [0.4, 0.5) is 0 Å². The second kappa shape index (κ2) is 13.5. The molecule has 35 heavy (non-hydrogen) atoms. The van der Waals surface area contributed by atoms with Crippen LogP contribution in [0.1, 0.15) is 36.5 Å². The molecule has 4 rings (SSSR count). The van der Waals surface area contributed by atoms with Crippen molar-refractivity contribution in [2.24, 2.45) is 0 Å². The Bertz CT molecular complexity index is 966. The van der Waals surface area contributed by atoms with Crippen LogP contribution in [0.25, 0.3) is 0 Å². The van der Waals surface area contributed by atoms with Gasteiger partial charge in [0, 0.05) is 0 Å². The zero-order valence-corrected chi connectivity index (χ0v) is 20.4. The van der Waals surface area contributed by atoms with Gasteiger partial charge in [-0.1, -0.05) is 104 Å². The summed E-state index contributed by atoms with van der Waals surface area (Å²) in [6.07, 6.45) is -0.837. The number of benzene rings is 3. The Balaban J connectivity index is 1.50. The van der Waals surface area contributed by atoms with Gasteiger partial charge in [-0.3, -0.25) is 0 Å². The molecule has 0 aromatic heterocycles. The van der Waals surface area contributed by atoms with Crippen LogP contribution in [0.3, 0.4) is 0 Å². The Morgan fingerprint density at radius 3 is 1.66 bits per heavy atom. The van der Waals surface area contributed by atoms with E-state index in [1.165, 1.54) is 0 Å². The van der Waals surface area contributed by atoms with E-state index >= 15 is 0 Å². The molecule has 3 aromatic rings. The zero-order valence-electron chi connectivity index (χ0n) is 20.4. The molecule has 186 valence electrons. The van der Waals surface area contributed by atoms with Crippen LogP contribution < -0.4 is 0 Å². The van der Waals surface area contributed by atoms with Gasteiger partial charge in [0.2, 0.25) is 0 Å². The molecule has 0 saturated carbocycles. The highest BCUT2D eigenvalue weighted by Gasteiger charge is 2.46. The van der Waals surface area contributed by atoms with Crippen LogP contribution in [0, 0.1) is 0 Å². The molecule has 1 aliphatic rings. The van der Waals surface area contributed by atoms with Crippen molar-refractivity contribution in [3.63, 3.8) is 0 Å². The molecule has 5 nitrogen and oxygen atoms in total. The van der Waals surface area contributed by atoms with Crippen molar-refractivity contribution in [3.05, 3.63) is 108 Å². The van der Waals surface area contributed by atoms with Gasteiger partial charge in [-0.05, 0) is 23.1 Å². The summed E-state index contributed by atoms with van der Waals surface area (Å²) < 4.78 is 25.2. The van der Waals surface area contributed by atoms with Crippen molar-refractivity contribution in [1.82, 2.24) is 0 Å². The lowest BCUT2D eigenvalue weighted by molar-refractivity contribution is -0.262. The minimum atomic E-state index is -0.787. The summed E-state index contributed by atoms with van der Waals surface area (Å²) in [6.45, 7) is 3.73. The molecule has 1 aliphatic heterocycles. The summed E-state index contributed by atoms with van der Waals surface area (Å²) in [7, 11) is 0. The van der Waals surface area contributed by atoms with Crippen LogP contribution in [0.5, 0.6) is 0 Å². The molecule has 1 N–H and O–H groups in total. The van der Waals surface area contributed by atoms with Crippen molar-refractivity contribution in [1.29, 1.82) is 0 Å². The van der Waals surface area contributed by atoms with Crippen LogP contribution in [0.15, 0.2) is 91.0 Å². The standard InChI is InChI=1S/C30H36O5/c1-2-12-26-28(31)30(34-21-25-17-10-5-11-18-25)29(33-20-24-15-8-4-9-16-24)27(35-26)22-32-19-23-13-6-3-7-14-23/h3-11,13-18,26-31H,2,12,19-22H2,1H3/t26-,27-,28-,29-,30-/m1/s1. The average molecular weight is 477 g/mol. The fourth-order valence-corrected chi connectivity index (χ4v) is 4.45. The lowest BCUT2D eigenvalue weighted by Crippen LogP contribution is -2.60. The van der Waals surface area contributed by atoms with E-state index < -0.39 is 18.3 Å². The Morgan fingerprint density at radius 2 is 1.14 bits per heavy atom. The van der Waals surface area contributed by atoms with Gasteiger partial charge in [0.05, 0.1) is 32.5 Å². The van der Waals surface area contributed by atoms with Gasteiger partial charge in [0.15, 0.2) is 0 Å². The highest BCUT2D eigenvalue weighted by molar-refractivity contribution is 5.15. The summed E-state index contributed by atoms with van der Waals surface area (Å²) in [5, 5.41) is 11.3. The Hall–Kier alpha value is -2.54.